The predicted molar refractivity (Wildman–Crippen MR) is 154 cm³/mol. The molecule has 9 heteroatoms. The van der Waals surface area contributed by atoms with Crippen molar-refractivity contribution in [1.29, 1.82) is 0 Å². The third-order valence-corrected chi connectivity index (χ3v) is 6.43. The van der Waals surface area contributed by atoms with Crippen LogP contribution in [0.5, 0.6) is 11.5 Å². The molecule has 1 aromatic carbocycles. The second-order valence-corrected chi connectivity index (χ2v) is 10.5. The van der Waals surface area contributed by atoms with Crippen LogP contribution < -0.4 is 25.4 Å². The van der Waals surface area contributed by atoms with E-state index in [0.29, 0.717) is 34.5 Å². The zero-order valence-electron chi connectivity index (χ0n) is 23.8. The van der Waals surface area contributed by atoms with Crippen molar-refractivity contribution in [2.75, 3.05) is 31.4 Å². The Bertz CT molecular complexity index is 1200. The first-order valence-electron chi connectivity index (χ1n) is 13.4. The van der Waals surface area contributed by atoms with Gasteiger partial charge in [0.2, 0.25) is 5.95 Å². The molecule has 2 aromatic heterocycles. The summed E-state index contributed by atoms with van der Waals surface area (Å²) < 4.78 is 10.9. The summed E-state index contributed by atoms with van der Waals surface area (Å²) in [6.45, 7) is 11.1. The summed E-state index contributed by atoms with van der Waals surface area (Å²) in [5, 5.41) is 9.90. The van der Waals surface area contributed by atoms with E-state index in [9.17, 15) is 4.79 Å². The first kappa shape index (κ1) is 28.9. The van der Waals surface area contributed by atoms with E-state index in [2.05, 4.69) is 39.8 Å². The third-order valence-electron chi connectivity index (χ3n) is 6.43. The smallest absolute Gasteiger partial charge is 0.320 e. The molecule has 2 amide bonds. The van der Waals surface area contributed by atoms with Crippen LogP contribution in [0.1, 0.15) is 66.7 Å². The van der Waals surface area contributed by atoms with Crippen LogP contribution in [0.15, 0.2) is 30.5 Å². The van der Waals surface area contributed by atoms with Gasteiger partial charge >= 0.3 is 6.03 Å². The standard InChI is InChI=1S/C29H42N6O3/c1-8-19(9-2)12-10-11-13-30-27-31-18-21-16-24(20-14-22(37-6)17-23(15-20)38-7)26(32-25(21)33-27)34-28(36)35-29(3,4)5/h14-19H,8-13H2,1-7H3,(H3,30,31,32,33,34,35,36). The number of hydrogen-bond donors (Lipinski definition) is 3. The van der Waals surface area contributed by atoms with Gasteiger partial charge in [0.1, 0.15) is 17.3 Å². The number of ether oxygens (including phenoxy) is 2. The van der Waals surface area contributed by atoms with E-state index in [0.717, 1.165) is 29.8 Å². The maximum absolute atomic E-state index is 12.8. The van der Waals surface area contributed by atoms with Crippen LogP contribution in [-0.2, 0) is 0 Å². The van der Waals surface area contributed by atoms with E-state index >= 15 is 0 Å². The summed E-state index contributed by atoms with van der Waals surface area (Å²) >= 11 is 0. The monoisotopic (exact) mass is 522 g/mol. The average molecular weight is 523 g/mol. The number of fused-ring (bicyclic) bond motifs is 1. The number of rotatable bonds is 12. The highest BCUT2D eigenvalue weighted by Crippen LogP contribution is 2.35. The van der Waals surface area contributed by atoms with Crippen LogP contribution in [0.4, 0.5) is 16.6 Å². The molecule has 3 rings (SSSR count). The zero-order chi connectivity index (χ0) is 27.7. The van der Waals surface area contributed by atoms with Gasteiger partial charge in [0.05, 0.1) is 14.2 Å². The van der Waals surface area contributed by atoms with E-state index in [-0.39, 0.29) is 6.03 Å². The molecule has 0 radical (unpaired) electrons. The summed E-state index contributed by atoms with van der Waals surface area (Å²) in [6.07, 6.45) is 7.70. The van der Waals surface area contributed by atoms with Crippen molar-refractivity contribution >= 4 is 28.8 Å². The Morgan fingerprint density at radius 1 is 0.974 bits per heavy atom. The lowest BCUT2D eigenvalue weighted by Gasteiger charge is -2.21. The fourth-order valence-corrected chi connectivity index (χ4v) is 4.26. The molecule has 9 nitrogen and oxygen atoms in total. The number of carbonyl (C=O) groups excluding carboxylic acids is 1. The van der Waals surface area contributed by atoms with E-state index in [1.165, 1.54) is 25.7 Å². The number of amides is 2. The highest BCUT2D eigenvalue weighted by molar-refractivity contribution is 5.96. The van der Waals surface area contributed by atoms with Crippen LogP contribution in [0.3, 0.4) is 0 Å². The maximum Gasteiger partial charge on any atom is 0.320 e. The van der Waals surface area contributed by atoms with Crippen molar-refractivity contribution in [3.05, 3.63) is 30.5 Å². The lowest BCUT2D eigenvalue weighted by molar-refractivity contribution is 0.243. The molecule has 0 atom stereocenters. The molecule has 3 N–H and O–H groups in total. The number of nitrogens with zero attached hydrogens (tertiary/aromatic N) is 3. The Morgan fingerprint density at radius 3 is 2.26 bits per heavy atom. The van der Waals surface area contributed by atoms with Gasteiger partial charge in [0.15, 0.2) is 5.65 Å². The zero-order valence-corrected chi connectivity index (χ0v) is 23.8. The normalized spacial score (nSPS) is 11.5. The molecule has 0 aliphatic heterocycles. The van der Waals surface area contributed by atoms with E-state index < -0.39 is 5.54 Å². The minimum absolute atomic E-state index is 0.356. The number of benzene rings is 1. The second-order valence-electron chi connectivity index (χ2n) is 10.5. The molecular formula is C29H42N6O3. The largest absolute Gasteiger partial charge is 0.497 e. The fraction of sp³-hybridized carbons (Fsp3) is 0.517. The molecule has 0 fully saturated rings. The molecule has 0 unspecified atom stereocenters. The molecule has 0 spiro atoms. The minimum atomic E-state index is -0.409. The number of hydrogen-bond acceptors (Lipinski definition) is 7. The van der Waals surface area contributed by atoms with Crippen molar-refractivity contribution in [2.45, 2.75) is 72.3 Å². The van der Waals surface area contributed by atoms with Crippen LogP contribution in [0.2, 0.25) is 0 Å². The molecule has 206 valence electrons. The number of carbonyl (C=O) groups is 1. The van der Waals surface area contributed by atoms with Gasteiger partial charge in [0.25, 0.3) is 0 Å². The Hall–Kier alpha value is -3.62. The predicted octanol–water partition coefficient (Wildman–Crippen LogP) is 6.65. The summed E-state index contributed by atoms with van der Waals surface area (Å²) in [4.78, 5) is 26.7. The number of pyridine rings is 1. The summed E-state index contributed by atoms with van der Waals surface area (Å²) in [6, 6.07) is 7.10. The van der Waals surface area contributed by atoms with Crippen molar-refractivity contribution in [2.24, 2.45) is 5.92 Å². The lowest BCUT2D eigenvalue weighted by atomic mass is 9.97. The topological polar surface area (TPSA) is 110 Å². The molecular weight excluding hydrogens is 480 g/mol. The Kier molecular flexibility index (Phi) is 10.1. The van der Waals surface area contributed by atoms with Crippen LogP contribution >= 0.6 is 0 Å². The molecule has 0 aliphatic carbocycles. The lowest BCUT2D eigenvalue weighted by Crippen LogP contribution is -2.43. The molecule has 3 aromatic rings. The maximum atomic E-state index is 12.8. The number of anilines is 2. The highest BCUT2D eigenvalue weighted by atomic mass is 16.5. The molecule has 0 saturated heterocycles. The van der Waals surface area contributed by atoms with Gasteiger partial charge in [0, 0.05) is 35.3 Å². The van der Waals surface area contributed by atoms with Crippen LogP contribution in [0, 0.1) is 5.92 Å². The van der Waals surface area contributed by atoms with Crippen LogP contribution in [-0.4, -0.2) is 47.3 Å². The number of unbranched alkanes of at least 4 members (excludes halogenated alkanes) is 1. The summed E-state index contributed by atoms with van der Waals surface area (Å²) in [7, 11) is 3.20. The quantitative estimate of drug-likeness (QED) is 0.228. The number of aromatic nitrogens is 3. The highest BCUT2D eigenvalue weighted by Gasteiger charge is 2.18. The van der Waals surface area contributed by atoms with Gasteiger partial charge in [-0.05, 0) is 56.9 Å². The number of nitrogens with one attached hydrogen (secondary N) is 3. The van der Waals surface area contributed by atoms with Crippen molar-refractivity contribution < 1.29 is 14.3 Å². The first-order valence-corrected chi connectivity index (χ1v) is 13.4. The third kappa shape index (κ3) is 8.19. The van der Waals surface area contributed by atoms with Gasteiger partial charge in [-0.25, -0.2) is 14.8 Å². The van der Waals surface area contributed by atoms with Gasteiger partial charge < -0.3 is 20.1 Å². The SMILES string of the molecule is CCC(CC)CCCCNc1ncc2cc(-c3cc(OC)cc(OC)c3)c(NC(=O)NC(C)(C)C)nc2n1. The molecule has 0 aliphatic rings. The Morgan fingerprint density at radius 2 is 1.66 bits per heavy atom. The molecule has 0 bridgehead atoms. The van der Waals surface area contributed by atoms with Crippen molar-refractivity contribution in [3.8, 4) is 22.6 Å². The number of urea groups is 1. The summed E-state index contributed by atoms with van der Waals surface area (Å²) in [5.41, 5.74) is 1.56. The number of methoxy groups -OCH3 is 2. The molecule has 2 heterocycles. The van der Waals surface area contributed by atoms with E-state index in [1.807, 2.05) is 39.0 Å². The van der Waals surface area contributed by atoms with E-state index in [4.69, 9.17) is 14.5 Å². The van der Waals surface area contributed by atoms with Gasteiger partial charge in [-0.1, -0.05) is 39.5 Å². The van der Waals surface area contributed by atoms with Gasteiger partial charge in [-0.15, -0.1) is 0 Å². The second kappa shape index (κ2) is 13.3. The Balaban J connectivity index is 1.90. The summed E-state index contributed by atoms with van der Waals surface area (Å²) in [5.74, 6) is 2.96. The molecule has 0 saturated carbocycles. The minimum Gasteiger partial charge on any atom is -0.497 e. The Labute approximate surface area is 226 Å². The van der Waals surface area contributed by atoms with Crippen molar-refractivity contribution in [1.82, 2.24) is 20.3 Å². The fourth-order valence-electron chi connectivity index (χ4n) is 4.26. The first-order chi connectivity index (χ1) is 18.1. The molecule has 38 heavy (non-hydrogen) atoms. The van der Waals surface area contributed by atoms with E-state index in [1.54, 1.807) is 26.5 Å². The van der Waals surface area contributed by atoms with Gasteiger partial charge in [-0.2, -0.15) is 4.98 Å². The average Bonchev–Trinajstić information content (AvgIpc) is 2.88. The van der Waals surface area contributed by atoms with Crippen LogP contribution in [0.25, 0.3) is 22.2 Å². The van der Waals surface area contributed by atoms with Crippen molar-refractivity contribution in [3.63, 3.8) is 0 Å². The van der Waals surface area contributed by atoms with Gasteiger partial charge in [-0.3, -0.25) is 5.32 Å².